The standard InChI is InChI=1S/C24H25NO2.ClH/c1-2-3-6-19-10-9-17-12-14-21(15-22(17)24(19)26)27-16-20-13-11-18-7-4-5-8-23(18)25-20;/h4-5,7-8,11-15,19H,2-3,6,9-10,16H2,1H3;1H. The summed E-state index contributed by atoms with van der Waals surface area (Å²) < 4.78 is 5.96. The number of fused-ring (bicyclic) bond motifs is 2. The first-order chi connectivity index (χ1) is 13.2. The number of aromatic nitrogens is 1. The molecule has 0 N–H and O–H groups in total. The maximum absolute atomic E-state index is 12.8. The Hall–Kier alpha value is -2.39. The Bertz CT molecular complexity index is 970. The van der Waals surface area contributed by atoms with Crippen molar-refractivity contribution in [3.05, 3.63) is 71.4 Å². The number of hydrogen-bond acceptors (Lipinski definition) is 3. The number of benzene rings is 2. The van der Waals surface area contributed by atoms with E-state index in [2.05, 4.69) is 24.0 Å². The molecule has 3 nitrogen and oxygen atoms in total. The number of unbranched alkanes of at least 4 members (excludes halogenated alkanes) is 1. The number of aryl methyl sites for hydroxylation is 1. The molecule has 1 aromatic heterocycles. The van der Waals surface area contributed by atoms with Crippen molar-refractivity contribution >= 4 is 29.1 Å². The molecule has 0 saturated carbocycles. The molecule has 28 heavy (non-hydrogen) atoms. The van der Waals surface area contributed by atoms with Crippen LogP contribution in [0.15, 0.2) is 54.6 Å². The molecule has 0 saturated heterocycles. The van der Waals surface area contributed by atoms with Crippen molar-refractivity contribution in [3.8, 4) is 5.75 Å². The summed E-state index contributed by atoms with van der Waals surface area (Å²) in [6.45, 7) is 2.57. The van der Waals surface area contributed by atoms with Crippen LogP contribution in [0.2, 0.25) is 0 Å². The third-order valence-corrected chi connectivity index (χ3v) is 5.43. The van der Waals surface area contributed by atoms with E-state index < -0.39 is 0 Å². The smallest absolute Gasteiger partial charge is 0.166 e. The molecular weight excluding hydrogens is 370 g/mol. The molecule has 1 unspecified atom stereocenters. The van der Waals surface area contributed by atoms with E-state index in [0.717, 1.165) is 65.6 Å². The normalized spacial score (nSPS) is 15.8. The van der Waals surface area contributed by atoms with Crippen LogP contribution in [0.4, 0.5) is 0 Å². The summed E-state index contributed by atoms with van der Waals surface area (Å²) in [6, 6.07) is 18.1. The van der Waals surface area contributed by atoms with Crippen LogP contribution in [0.5, 0.6) is 5.75 Å². The molecule has 4 rings (SSSR count). The number of para-hydroxylation sites is 1. The fourth-order valence-electron chi connectivity index (χ4n) is 3.85. The minimum atomic E-state index is 0. The van der Waals surface area contributed by atoms with Gasteiger partial charge in [-0.15, -0.1) is 12.4 Å². The predicted octanol–water partition coefficient (Wildman–Crippen LogP) is 6.17. The van der Waals surface area contributed by atoms with E-state index in [1.165, 1.54) is 0 Å². The van der Waals surface area contributed by atoms with E-state index in [1.807, 2.05) is 42.5 Å². The van der Waals surface area contributed by atoms with Gasteiger partial charge in [0.1, 0.15) is 12.4 Å². The number of ether oxygens (including phenoxy) is 1. The molecule has 3 aromatic rings. The quantitative estimate of drug-likeness (QED) is 0.500. The zero-order chi connectivity index (χ0) is 18.6. The second kappa shape index (κ2) is 9.20. The van der Waals surface area contributed by atoms with Crippen molar-refractivity contribution < 1.29 is 9.53 Å². The molecule has 0 fully saturated rings. The summed E-state index contributed by atoms with van der Waals surface area (Å²) in [7, 11) is 0. The molecule has 1 aliphatic carbocycles. The molecule has 1 heterocycles. The average molecular weight is 396 g/mol. The van der Waals surface area contributed by atoms with Gasteiger partial charge in [0.25, 0.3) is 0 Å². The summed E-state index contributed by atoms with van der Waals surface area (Å²) >= 11 is 0. The van der Waals surface area contributed by atoms with Crippen LogP contribution in [-0.2, 0) is 13.0 Å². The van der Waals surface area contributed by atoms with E-state index in [1.54, 1.807) is 0 Å². The highest BCUT2D eigenvalue weighted by molar-refractivity contribution is 6.00. The third kappa shape index (κ3) is 4.36. The summed E-state index contributed by atoms with van der Waals surface area (Å²) in [5.74, 6) is 1.21. The number of carbonyl (C=O) groups is 1. The second-order valence-electron chi connectivity index (χ2n) is 7.34. The van der Waals surface area contributed by atoms with Crippen molar-refractivity contribution in [3.63, 3.8) is 0 Å². The number of Topliss-reactive ketones (excluding diaryl/α,β-unsaturated/α-hetero) is 1. The van der Waals surface area contributed by atoms with Crippen LogP contribution in [0, 0.1) is 5.92 Å². The van der Waals surface area contributed by atoms with Gasteiger partial charge >= 0.3 is 0 Å². The van der Waals surface area contributed by atoms with Gasteiger partial charge in [-0.25, -0.2) is 4.98 Å². The van der Waals surface area contributed by atoms with Crippen LogP contribution in [0.1, 0.15) is 54.2 Å². The Morgan fingerprint density at radius 3 is 2.82 bits per heavy atom. The molecule has 0 bridgehead atoms. The molecule has 0 spiro atoms. The molecule has 1 atom stereocenters. The van der Waals surface area contributed by atoms with Gasteiger partial charge in [-0.3, -0.25) is 4.79 Å². The lowest BCUT2D eigenvalue weighted by Crippen LogP contribution is -2.22. The van der Waals surface area contributed by atoms with Crippen LogP contribution >= 0.6 is 12.4 Å². The maximum atomic E-state index is 12.8. The van der Waals surface area contributed by atoms with Gasteiger partial charge in [0.2, 0.25) is 0 Å². The number of ketones is 1. The van der Waals surface area contributed by atoms with E-state index in [-0.39, 0.29) is 18.3 Å². The number of rotatable bonds is 6. The van der Waals surface area contributed by atoms with Crippen LogP contribution in [0.25, 0.3) is 10.9 Å². The van der Waals surface area contributed by atoms with Crippen LogP contribution < -0.4 is 4.74 Å². The molecule has 0 radical (unpaired) electrons. The molecule has 0 amide bonds. The molecule has 2 aromatic carbocycles. The van der Waals surface area contributed by atoms with Gasteiger partial charge in [0, 0.05) is 16.9 Å². The van der Waals surface area contributed by atoms with Gasteiger partial charge in [0.05, 0.1) is 11.2 Å². The van der Waals surface area contributed by atoms with E-state index in [4.69, 9.17) is 4.74 Å². The zero-order valence-electron chi connectivity index (χ0n) is 16.2. The molecular formula is C24H26ClNO2. The largest absolute Gasteiger partial charge is 0.487 e. The lowest BCUT2D eigenvalue weighted by atomic mass is 9.80. The first-order valence-corrected chi connectivity index (χ1v) is 9.89. The highest BCUT2D eigenvalue weighted by Gasteiger charge is 2.27. The number of carbonyl (C=O) groups excluding carboxylic acids is 1. The summed E-state index contributed by atoms with van der Waals surface area (Å²) in [5, 5.41) is 1.12. The number of pyridine rings is 1. The zero-order valence-corrected chi connectivity index (χ0v) is 17.0. The fraction of sp³-hybridized carbons (Fsp3) is 0.333. The Morgan fingerprint density at radius 2 is 1.96 bits per heavy atom. The Morgan fingerprint density at radius 1 is 1.11 bits per heavy atom. The first kappa shape index (κ1) is 20.3. The first-order valence-electron chi connectivity index (χ1n) is 9.89. The molecule has 0 aliphatic heterocycles. The number of halogens is 1. The average Bonchev–Trinajstić information content (AvgIpc) is 2.72. The van der Waals surface area contributed by atoms with Crippen LogP contribution in [0.3, 0.4) is 0 Å². The lowest BCUT2D eigenvalue weighted by Gasteiger charge is -2.23. The van der Waals surface area contributed by atoms with Gasteiger partial charge in [-0.2, -0.15) is 0 Å². The summed E-state index contributed by atoms with van der Waals surface area (Å²) in [6.07, 6.45) is 5.23. The number of nitrogens with zero attached hydrogens (tertiary/aromatic N) is 1. The molecule has 4 heteroatoms. The van der Waals surface area contributed by atoms with E-state index in [0.29, 0.717) is 12.4 Å². The Balaban J connectivity index is 0.00000225. The van der Waals surface area contributed by atoms with Gasteiger partial charge in [-0.1, -0.05) is 50.1 Å². The molecule has 146 valence electrons. The molecule has 1 aliphatic rings. The second-order valence-corrected chi connectivity index (χ2v) is 7.34. The fourth-order valence-corrected chi connectivity index (χ4v) is 3.85. The van der Waals surface area contributed by atoms with Gasteiger partial charge in [0.15, 0.2) is 5.78 Å². The van der Waals surface area contributed by atoms with Crippen molar-refractivity contribution in [1.82, 2.24) is 4.98 Å². The Labute approximate surface area is 172 Å². The minimum Gasteiger partial charge on any atom is -0.487 e. The summed E-state index contributed by atoms with van der Waals surface area (Å²) in [4.78, 5) is 17.5. The minimum absolute atomic E-state index is 0. The van der Waals surface area contributed by atoms with E-state index in [9.17, 15) is 4.79 Å². The maximum Gasteiger partial charge on any atom is 0.166 e. The highest BCUT2D eigenvalue weighted by Crippen LogP contribution is 2.31. The van der Waals surface area contributed by atoms with Gasteiger partial charge in [-0.05, 0) is 49.1 Å². The third-order valence-electron chi connectivity index (χ3n) is 5.43. The van der Waals surface area contributed by atoms with Crippen molar-refractivity contribution in [2.45, 2.75) is 45.6 Å². The Kier molecular flexibility index (Phi) is 6.69. The van der Waals surface area contributed by atoms with Crippen molar-refractivity contribution in [2.24, 2.45) is 5.92 Å². The van der Waals surface area contributed by atoms with E-state index >= 15 is 0 Å². The van der Waals surface area contributed by atoms with Crippen molar-refractivity contribution in [2.75, 3.05) is 0 Å². The van der Waals surface area contributed by atoms with Gasteiger partial charge < -0.3 is 4.74 Å². The monoisotopic (exact) mass is 395 g/mol. The van der Waals surface area contributed by atoms with Crippen molar-refractivity contribution in [1.29, 1.82) is 0 Å². The predicted molar refractivity (Wildman–Crippen MR) is 115 cm³/mol. The summed E-state index contributed by atoms with van der Waals surface area (Å²) in [5.41, 5.74) is 3.87. The lowest BCUT2D eigenvalue weighted by molar-refractivity contribution is 0.0892. The van der Waals surface area contributed by atoms with Crippen LogP contribution in [-0.4, -0.2) is 10.8 Å². The SMILES string of the molecule is CCCCC1CCc2ccc(OCc3ccc4ccccc4n3)cc2C1=O.Cl. The number of hydrogen-bond donors (Lipinski definition) is 0. The highest BCUT2D eigenvalue weighted by atomic mass is 35.5. The topological polar surface area (TPSA) is 39.2 Å².